The number of anilines is 1. The summed E-state index contributed by atoms with van der Waals surface area (Å²) in [6, 6.07) is 13.9. The molecule has 7 heteroatoms. The molecular formula is C18H21BrN3O3+. The number of carbonyl (C=O) groups is 1. The van der Waals surface area contributed by atoms with Crippen molar-refractivity contribution in [3.63, 3.8) is 0 Å². The maximum atomic E-state index is 12.5. The molecule has 0 unspecified atom stereocenters. The number of nitro benzene ring substituents is 1. The molecule has 0 fully saturated rings. The molecule has 0 spiro atoms. The topological polar surface area (TPSA) is 88.8 Å². The third-order valence-electron chi connectivity index (χ3n) is 4.03. The van der Waals surface area contributed by atoms with Crippen molar-refractivity contribution in [1.29, 1.82) is 0 Å². The van der Waals surface area contributed by atoms with E-state index in [4.69, 9.17) is 0 Å². The summed E-state index contributed by atoms with van der Waals surface area (Å²) in [6.07, 6.45) is 0.866. The average molecular weight is 407 g/mol. The van der Waals surface area contributed by atoms with Gasteiger partial charge >= 0.3 is 0 Å². The smallest absolute Gasteiger partial charge is 0.292 e. The van der Waals surface area contributed by atoms with Gasteiger partial charge in [0.2, 0.25) is 0 Å². The minimum atomic E-state index is -0.499. The first kappa shape index (κ1) is 19.1. The Hall–Kier alpha value is -2.25. The van der Waals surface area contributed by atoms with E-state index in [0.717, 1.165) is 16.5 Å². The zero-order valence-corrected chi connectivity index (χ0v) is 15.7. The van der Waals surface area contributed by atoms with Gasteiger partial charge in [0.25, 0.3) is 11.6 Å². The lowest BCUT2D eigenvalue weighted by Gasteiger charge is -2.19. The molecule has 3 N–H and O–H groups in total. The van der Waals surface area contributed by atoms with Crippen molar-refractivity contribution in [3.05, 3.63) is 68.7 Å². The molecule has 2 aromatic carbocycles. The number of hydrogen-bond donors (Lipinski definition) is 2. The molecule has 0 heterocycles. The van der Waals surface area contributed by atoms with Crippen molar-refractivity contribution in [3.8, 4) is 0 Å². The van der Waals surface area contributed by atoms with Gasteiger partial charge in [0, 0.05) is 22.5 Å². The van der Waals surface area contributed by atoms with Crippen LogP contribution in [0.25, 0.3) is 0 Å². The number of hydrogen-bond acceptors (Lipinski definition) is 3. The monoisotopic (exact) mass is 406 g/mol. The lowest BCUT2D eigenvalue weighted by atomic mass is 10.0. The number of nitrogens with two attached hydrogens (primary N) is 1. The largest absolute Gasteiger partial charge is 0.330 e. The molecule has 0 aliphatic rings. The van der Waals surface area contributed by atoms with Crippen LogP contribution < -0.4 is 10.6 Å². The molecular weight excluding hydrogens is 386 g/mol. The number of amides is 1. The number of para-hydroxylation sites is 2. The van der Waals surface area contributed by atoms with Crippen molar-refractivity contribution in [2.24, 2.45) is 0 Å². The number of halogens is 1. The Kier molecular flexibility index (Phi) is 6.66. The third-order valence-corrected chi connectivity index (χ3v) is 4.56. The van der Waals surface area contributed by atoms with Gasteiger partial charge in [-0.25, -0.2) is 0 Å². The van der Waals surface area contributed by atoms with Crippen LogP contribution in [-0.4, -0.2) is 16.9 Å². The van der Waals surface area contributed by atoms with Crippen LogP contribution in [0.2, 0.25) is 0 Å². The molecule has 2 rings (SSSR count). The highest BCUT2D eigenvalue weighted by Gasteiger charge is 2.24. The molecule has 0 bridgehead atoms. The fraction of sp³-hybridized carbons (Fsp3) is 0.278. The summed E-state index contributed by atoms with van der Waals surface area (Å²) >= 11 is 3.42. The van der Waals surface area contributed by atoms with Gasteiger partial charge in [-0.05, 0) is 25.1 Å². The molecule has 0 radical (unpaired) electrons. The van der Waals surface area contributed by atoms with Gasteiger partial charge in [-0.15, -0.1) is 0 Å². The summed E-state index contributed by atoms with van der Waals surface area (Å²) in [5.74, 6) is -0.259. The van der Waals surface area contributed by atoms with Crippen LogP contribution >= 0.6 is 15.9 Å². The van der Waals surface area contributed by atoms with Crippen molar-refractivity contribution in [1.82, 2.24) is 0 Å². The van der Waals surface area contributed by atoms with E-state index in [0.29, 0.717) is 0 Å². The number of carbonyl (C=O) groups excluding carboxylic acids is 1. The number of rotatable bonds is 7. The van der Waals surface area contributed by atoms with Gasteiger partial charge in [-0.1, -0.05) is 47.1 Å². The van der Waals surface area contributed by atoms with Gasteiger partial charge in [0.15, 0.2) is 6.04 Å². The summed E-state index contributed by atoms with van der Waals surface area (Å²) in [4.78, 5) is 23.0. The first-order valence-corrected chi connectivity index (χ1v) is 8.86. The van der Waals surface area contributed by atoms with Gasteiger partial charge in [0.1, 0.15) is 11.7 Å². The second-order valence-corrected chi connectivity index (χ2v) is 6.73. The Morgan fingerprint density at radius 1 is 1.24 bits per heavy atom. The van der Waals surface area contributed by atoms with E-state index in [1.807, 2.05) is 29.6 Å². The predicted octanol–water partition coefficient (Wildman–Crippen LogP) is 3.40. The number of nitrogens with zero attached hydrogens (tertiary/aromatic N) is 1. The lowest BCUT2D eigenvalue weighted by molar-refractivity contribution is -0.713. The number of nitrogens with one attached hydrogen (secondary N) is 1. The van der Waals surface area contributed by atoms with Crippen molar-refractivity contribution in [2.75, 3.05) is 5.32 Å². The molecule has 0 aliphatic carbocycles. The molecule has 2 atom stereocenters. The maximum absolute atomic E-state index is 12.5. The van der Waals surface area contributed by atoms with E-state index < -0.39 is 4.92 Å². The van der Waals surface area contributed by atoms with Crippen molar-refractivity contribution < 1.29 is 15.0 Å². The van der Waals surface area contributed by atoms with E-state index in [-0.39, 0.29) is 29.4 Å². The van der Waals surface area contributed by atoms with Crippen LogP contribution in [0.1, 0.15) is 31.9 Å². The summed E-state index contributed by atoms with van der Waals surface area (Å²) in [7, 11) is 0. The minimum Gasteiger partial charge on any atom is -0.330 e. The first-order valence-electron chi connectivity index (χ1n) is 8.07. The summed E-state index contributed by atoms with van der Waals surface area (Å²) < 4.78 is 1.01. The summed E-state index contributed by atoms with van der Waals surface area (Å²) in [5, 5.41) is 15.7. The van der Waals surface area contributed by atoms with Crippen LogP contribution in [0.5, 0.6) is 0 Å². The Bertz CT molecular complexity index is 749. The predicted molar refractivity (Wildman–Crippen MR) is 100 cm³/mol. The Labute approximate surface area is 154 Å². The van der Waals surface area contributed by atoms with Crippen LogP contribution in [0, 0.1) is 10.1 Å². The van der Waals surface area contributed by atoms with Gasteiger partial charge < -0.3 is 10.6 Å². The molecule has 6 nitrogen and oxygen atoms in total. The lowest BCUT2D eigenvalue weighted by Crippen LogP contribution is -2.92. The zero-order valence-electron chi connectivity index (χ0n) is 14.1. The quantitative estimate of drug-likeness (QED) is 0.545. The van der Waals surface area contributed by atoms with Crippen LogP contribution in [0.4, 0.5) is 11.4 Å². The Balaban J connectivity index is 2.07. The number of nitro groups is 1. The van der Waals surface area contributed by atoms with E-state index in [2.05, 4.69) is 28.2 Å². The fourth-order valence-corrected chi connectivity index (χ4v) is 2.88. The standard InChI is InChI=1S/C18H20BrN3O3/c1-3-15(13-8-10-14(19)11-9-13)20-12(2)18(23)21-16-6-4-5-7-17(16)22(24)25/h4-12,15,20H,3H2,1-2H3,(H,21,23)/p+1/t12-,15-/m0/s1. The van der Waals surface area contributed by atoms with Gasteiger partial charge in [-0.3, -0.25) is 14.9 Å². The van der Waals surface area contributed by atoms with E-state index >= 15 is 0 Å². The summed E-state index contributed by atoms with van der Waals surface area (Å²) in [6.45, 7) is 3.86. The number of benzene rings is 2. The minimum absolute atomic E-state index is 0.108. The van der Waals surface area contributed by atoms with Crippen molar-refractivity contribution in [2.45, 2.75) is 32.4 Å². The molecule has 25 heavy (non-hydrogen) atoms. The van der Waals surface area contributed by atoms with E-state index in [9.17, 15) is 14.9 Å². The third kappa shape index (κ3) is 5.11. The first-order chi connectivity index (χ1) is 11.9. The Morgan fingerprint density at radius 3 is 2.48 bits per heavy atom. The van der Waals surface area contributed by atoms with Crippen LogP contribution in [-0.2, 0) is 4.79 Å². The zero-order chi connectivity index (χ0) is 18.4. The second-order valence-electron chi connectivity index (χ2n) is 5.81. The second kappa shape index (κ2) is 8.73. The fourth-order valence-electron chi connectivity index (χ4n) is 2.61. The van der Waals surface area contributed by atoms with E-state index in [1.54, 1.807) is 19.1 Å². The van der Waals surface area contributed by atoms with Gasteiger partial charge in [0.05, 0.1) is 4.92 Å². The average Bonchev–Trinajstić information content (AvgIpc) is 2.60. The highest BCUT2D eigenvalue weighted by Crippen LogP contribution is 2.23. The molecule has 1 amide bonds. The molecule has 0 saturated heterocycles. The molecule has 132 valence electrons. The maximum Gasteiger partial charge on any atom is 0.292 e. The van der Waals surface area contributed by atoms with Crippen LogP contribution in [0.3, 0.4) is 0 Å². The normalized spacial score (nSPS) is 13.1. The van der Waals surface area contributed by atoms with Crippen LogP contribution in [0.15, 0.2) is 53.0 Å². The SMILES string of the molecule is CC[C@H]([NH2+][C@@H](C)C(=O)Nc1ccccc1[N+](=O)[O-])c1ccc(Br)cc1. The Morgan fingerprint density at radius 2 is 1.88 bits per heavy atom. The molecule has 0 saturated carbocycles. The van der Waals surface area contributed by atoms with Gasteiger partial charge in [-0.2, -0.15) is 0 Å². The van der Waals surface area contributed by atoms with Crippen molar-refractivity contribution >= 4 is 33.2 Å². The van der Waals surface area contributed by atoms with E-state index in [1.165, 1.54) is 12.1 Å². The molecule has 0 aromatic heterocycles. The molecule has 2 aromatic rings. The summed E-state index contributed by atoms with van der Waals surface area (Å²) in [5.41, 5.74) is 1.24. The highest BCUT2D eigenvalue weighted by atomic mass is 79.9. The number of quaternary nitrogens is 1. The highest BCUT2D eigenvalue weighted by molar-refractivity contribution is 9.10. The molecule has 0 aliphatic heterocycles.